The Hall–Kier alpha value is -3.09. The molecule has 7 heteroatoms. The van der Waals surface area contributed by atoms with Crippen molar-refractivity contribution >= 4 is 12.1 Å². The fraction of sp³-hybridized carbons (Fsp3) is 0.500. The molecule has 0 radical (unpaired) electrons. The summed E-state index contributed by atoms with van der Waals surface area (Å²) in [4.78, 5) is 27.6. The van der Waals surface area contributed by atoms with Gasteiger partial charge in [0.2, 0.25) is 0 Å². The van der Waals surface area contributed by atoms with E-state index in [1.54, 1.807) is 19.2 Å². The van der Waals surface area contributed by atoms with Crippen LogP contribution in [-0.2, 0) is 6.42 Å². The molecule has 0 unspecified atom stereocenters. The number of hydrogen-bond acceptors (Lipinski definition) is 2. The van der Waals surface area contributed by atoms with Gasteiger partial charge in [0.25, 0.3) is 0 Å². The van der Waals surface area contributed by atoms with E-state index in [2.05, 4.69) is 17.4 Å². The van der Waals surface area contributed by atoms with Gasteiger partial charge in [-0.05, 0) is 72.8 Å². The van der Waals surface area contributed by atoms with Crippen molar-refractivity contribution in [1.29, 1.82) is 0 Å². The number of urea groups is 1. The fourth-order valence-corrected chi connectivity index (χ4v) is 6.61. The molecule has 3 amide bonds. The summed E-state index contributed by atoms with van der Waals surface area (Å²) in [5.41, 5.74) is 3.56. The van der Waals surface area contributed by atoms with Crippen LogP contribution in [-0.4, -0.2) is 52.7 Å². The number of fused-ring (bicyclic) bond motifs is 1. The highest BCUT2D eigenvalue weighted by molar-refractivity contribution is 5.77. The predicted molar refractivity (Wildman–Crippen MR) is 132 cm³/mol. The minimum Gasteiger partial charge on any atom is -0.465 e. The van der Waals surface area contributed by atoms with E-state index < -0.39 is 6.09 Å². The number of hydrogen-bond donors (Lipinski definition) is 2. The molecular formula is C28H34FN3O3. The second-order valence-corrected chi connectivity index (χ2v) is 10.9. The van der Waals surface area contributed by atoms with Crippen LogP contribution in [0.15, 0.2) is 48.5 Å². The Morgan fingerprint density at radius 3 is 2.51 bits per heavy atom. The maximum atomic E-state index is 13.6. The van der Waals surface area contributed by atoms with E-state index in [0.29, 0.717) is 18.5 Å². The number of unbranched alkanes of at least 4 members (excludes halogenated alkanes) is 2. The first-order valence-electron chi connectivity index (χ1n) is 12.7. The number of carboxylic acid groups (broad SMARTS) is 1. The van der Waals surface area contributed by atoms with E-state index in [9.17, 15) is 14.0 Å². The zero-order valence-corrected chi connectivity index (χ0v) is 20.3. The van der Waals surface area contributed by atoms with Crippen LogP contribution in [0.25, 0.3) is 0 Å². The Balaban J connectivity index is 1.17. The minimum atomic E-state index is -0.874. The summed E-state index contributed by atoms with van der Waals surface area (Å²) in [6, 6.07) is 14.5. The Morgan fingerprint density at radius 2 is 1.80 bits per heavy atom. The quantitative estimate of drug-likeness (QED) is 0.486. The number of amides is 3. The summed E-state index contributed by atoms with van der Waals surface area (Å²) in [7, 11) is 1.61. The Morgan fingerprint density at radius 1 is 1.09 bits per heavy atom. The molecule has 3 aliphatic carbocycles. The topological polar surface area (TPSA) is 72.9 Å². The van der Waals surface area contributed by atoms with Crippen LogP contribution in [0.2, 0.25) is 0 Å². The largest absolute Gasteiger partial charge is 0.465 e. The van der Waals surface area contributed by atoms with Gasteiger partial charge in [0.1, 0.15) is 5.82 Å². The van der Waals surface area contributed by atoms with Crippen molar-refractivity contribution in [3.05, 3.63) is 71.0 Å². The molecule has 6 rings (SSSR count). The number of carbonyl (C=O) groups is 2. The molecule has 2 aromatic rings. The van der Waals surface area contributed by atoms with E-state index in [-0.39, 0.29) is 23.4 Å². The first-order chi connectivity index (χ1) is 16.8. The molecule has 2 bridgehead atoms. The first kappa shape index (κ1) is 23.6. The van der Waals surface area contributed by atoms with Gasteiger partial charge >= 0.3 is 12.1 Å². The highest BCUT2D eigenvalue weighted by Gasteiger charge is 2.67. The average molecular weight is 480 g/mol. The van der Waals surface area contributed by atoms with Gasteiger partial charge < -0.3 is 20.2 Å². The summed E-state index contributed by atoms with van der Waals surface area (Å²) < 4.78 is 13.6. The summed E-state index contributed by atoms with van der Waals surface area (Å²) in [5.74, 6) is -0.276. The number of nitrogens with zero attached hydrogens (tertiary/aromatic N) is 2. The minimum absolute atomic E-state index is 0.0289. The third-order valence-electron chi connectivity index (χ3n) is 8.27. The molecule has 186 valence electrons. The molecule has 4 aliphatic rings. The van der Waals surface area contributed by atoms with Crippen molar-refractivity contribution in [1.82, 2.24) is 15.1 Å². The SMILES string of the molecule is CN(CCCCCC12CC(NC(=O)N3CCc4ccccc4[C@@H]3c3ccc(F)cc3)(C1)C2)C(=O)O. The first-order valence-corrected chi connectivity index (χ1v) is 12.7. The summed E-state index contributed by atoms with van der Waals surface area (Å²) in [6.45, 7) is 1.22. The average Bonchev–Trinajstić information content (AvgIpc) is 2.80. The molecular weight excluding hydrogens is 445 g/mol. The summed E-state index contributed by atoms with van der Waals surface area (Å²) >= 11 is 0. The molecule has 0 aromatic heterocycles. The zero-order chi connectivity index (χ0) is 24.6. The highest BCUT2D eigenvalue weighted by atomic mass is 19.1. The smallest absolute Gasteiger partial charge is 0.407 e. The van der Waals surface area contributed by atoms with Crippen LogP contribution in [0.5, 0.6) is 0 Å². The van der Waals surface area contributed by atoms with Crippen LogP contribution in [0, 0.1) is 11.2 Å². The second-order valence-electron chi connectivity index (χ2n) is 10.9. The van der Waals surface area contributed by atoms with Crippen LogP contribution < -0.4 is 5.32 Å². The van der Waals surface area contributed by atoms with Crippen molar-refractivity contribution < 1.29 is 19.1 Å². The third kappa shape index (κ3) is 4.60. The van der Waals surface area contributed by atoms with E-state index in [1.807, 2.05) is 17.0 Å². The monoisotopic (exact) mass is 479 g/mol. The number of halogens is 1. The molecule has 0 spiro atoms. The lowest BCUT2D eigenvalue weighted by Crippen LogP contribution is -2.75. The lowest BCUT2D eigenvalue weighted by molar-refractivity contribution is -0.154. The molecule has 1 heterocycles. The van der Waals surface area contributed by atoms with E-state index in [0.717, 1.165) is 62.5 Å². The molecule has 6 nitrogen and oxygen atoms in total. The second kappa shape index (κ2) is 9.17. The Bertz CT molecular complexity index is 1080. The van der Waals surface area contributed by atoms with E-state index >= 15 is 0 Å². The van der Waals surface area contributed by atoms with Crippen LogP contribution in [0.3, 0.4) is 0 Å². The standard InChI is InChI=1S/C28H34FN3O3/c1-31(26(34)35)15-6-2-5-14-27-17-28(18-27,19-27)30-25(33)32-16-13-20-7-3-4-8-23(20)24(32)21-9-11-22(29)12-10-21/h3-4,7-12,24H,2,5-6,13-19H2,1H3,(H,30,33)(H,34,35)/t24-,27?,28?/m0/s1. The van der Waals surface area contributed by atoms with Gasteiger partial charge in [-0.25, -0.2) is 14.0 Å². The molecule has 2 aromatic carbocycles. The normalized spacial score (nSPS) is 26.2. The molecule has 0 saturated heterocycles. The van der Waals surface area contributed by atoms with Crippen LogP contribution in [0.4, 0.5) is 14.0 Å². The Labute approximate surface area is 206 Å². The third-order valence-corrected chi connectivity index (χ3v) is 8.27. The van der Waals surface area contributed by atoms with Crippen molar-refractivity contribution in [2.45, 2.75) is 62.9 Å². The number of nitrogens with one attached hydrogen (secondary N) is 1. The van der Waals surface area contributed by atoms with Gasteiger partial charge in [-0.15, -0.1) is 0 Å². The zero-order valence-electron chi connectivity index (χ0n) is 20.3. The molecule has 35 heavy (non-hydrogen) atoms. The van der Waals surface area contributed by atoms with E-state index in [1.165, 1.54) is 22.6 Å². The fourth-order valence-electron chi connectivity index (χ4n) is 6.61. The number of carbonyl (C=O) groups excluding carboxylic acids is 1. The van der Waals surface area contributed by atoms with Crippen LogP contribution >= 0.6 is 0 Å². The molecule has 3 fully saturated rings. The molecule has 3 saturated carbocycles. The molecule has 1 atom stereocenters. The Kier molecular flexibility index (Phi) is 6.20. The summed E-state index contributed by atoms with van der Waals surface area (Å²) in [6.07, 6.45) is 7.22. The maximum Gasteiger partial charge on any atom is 0.407 e. The van der Waals surface area contributed by atoms with Gasteiger partial charge in [-0.1, -0.05) is 49.2 Å². The predicted octanol–water partition coefficient (Wildman–Crippen LogP) is 5.58. The molecule has 2 N–H and O–H groups in total. The number of rotatable bonds is 8. The van der Waals surface area contributed by atoms with Gasteiger partial charge in [-0.3, -0.25) is 0 Å². The number of benzene rings is 2. The van der Waals surface area contributed by atoms with Gasteiger partial charge in [0, 0.05) is 25.7 Å². The maximum absolute atomic E-state index is 13.6. The molecule has 1 aliphatic heterocycles. The highest BCUT2D eigenvalue weighted by Crippen LogP contribution is 2.69. The van der Waals surface area contributed by atoms with E-state index in [4.69, 9.17) is 5.11 Å². The van der Waals surface area contributed by atoms with Crippen LogP contribution in [0.1, 0.15) is 67.7 Å². The van der Waals surface area contributed by atoms with Gasteiger partial charge in [-0.2, -0.15) is 0 Å². The van der Waals surface area contributed by atoms with Gasteiger partial charge in [0.05, 0.1) is 6.04 Å². The van der Waals surface area contributed by atoms with Crippen molar-refractivity contribution in [2.75, 3.05) is 20.1 Å². The van der Waals surface area contributed by atoms with Crippen molar-refractivity contribution in [3.63, 3.8) is 0 Å². The van der Waals surface area contributed by atoms with Crippen molar-refractivity contribution in [3.8, 4) is 0 Å². The van der Waals surface area contributed by atoms with Crippen molar-refractivity contribution in [2.24, 2.45) is 5.41 Å². The lowest BCUT2D eigenvalue weighted by atomic mass is 9.38. The van der Waals surface area contributed by atoms with Gasteiger partial charge in [0.15, 0.2) is 0 Å². The summed E-state index contributed by atoms with van der Waals surface area (Å²) in [5, 5.41) is 12.3. The lowest BCUT2D eigenvalue weighted by Gasteiger charge is -2.71.